The van der Waals surface area contributed by atoms with Gasteiger partial charge in [0.1, 0.15) is 17.2 Å². The maximum Gasteiger partial charge on any atom is 0.228 e. The van der Waals surface area contributed by atoms with Crippen molar-refractivity contribution < 1.29 is 27.1 Å². The third kappa shape index (κ3) is 6.06. The van der Waals surface area contributed by atoms with Gasteiger partial charge in [0.2, 0.25) is 5.91 Å². The topological polar surface area (TPSA) is 81.7 Å². The molecule has 0 aromatic heterocycles. The number of nitrogens with one attached hydrogen (secondary N) is 1. The minimum Gasteiger partial charge on any atom is -0.482 e. The van der Waals surface area contributed by atoms with Crippen LogP contribution in [0.3, 0.4) is 0 Å². The summed E-state index contributed by atoms with van der Waals surface area (Å²) in [4.78, 5) is 12.7. The van der Waals surface area contributed by atoms with Crippen LogP contribution in [0.25, 0.3) is 0 Å². The smallest absolute Gasteiger partial charge is 0.228 e. The van der Waals surface area contributed by atoms with Crippen LogP contribution >= 0.6 is 11.6 Å². The molecule has 3 aromatic rings. The van der Waals surface area contributed by atoms with Gasteiger partial charge in [-0.3, -0.25) is 4.79 Å². The van der Waals surface area contributed by atoms with Crippen LogP contribution < -0.4 is 10.1 Å². The maximum atomic E-state index is 14.8. The predicted octanol–water partition coefficient (Wildman–Crippen LogP) is 5.54. The fourth-order valence-corrected chi connectivity index (χ4v) is 5.23. The Kier molecular flexibility index (Phi) is 7.97. The van der Waals surface area contributed by atoms with E-state index in [1.807, 2.05) is 0 Å². The molecular formula is C27H27ClFNO5S. The lowest BCUT2D eigenvalue weighted by molar-refractivity contribution is -0.115. The van der Waals surface area contributed by atoms with Crippen LogP contribution in [-0.2, 0) is 31.4 Å². The van der Waals surface area contributed by atoms with Gasteiger partial charge in [0.15, 0.2) is 9.84 Å². The van der Waals surface area contributed by atoms with Crippen LogP contribution in [0.1, 0.15) is 30.9 Å². The Morgan fingerprint density at radius 1 is 1.06 bits per heavy atom. The molecule has 9 heteroatoms. The van der Waals surface area contributed by atoms with Gasteiger partial charge in [-0.25, -0.2) is 12.8 Å². The third-order valence-electron chi connectivity index (χ3n) is 6.20. The Morgan fingerprint density at radius 3 is 2.33 bits per heavy atom. The van der Waals surface area contributed by atoms with Crippen LogP contribution in [0, 0.1) is 5.82 Å². The van der Waals surface area contributed by atoms with E-state index in [1.54, 1.807) is 55.5 Å². The minimum absolute atomic E-state index is 0.0239. The van der Waals surface area contributed by atoms with E-state index in [2.05, 4.69) is 5.32 Å². The van der Waals surface area contributed by atoms with Crippen LogP contribution in [0.15, 0.2) is 71.6 Å². The summed E-state index contributed by atoms with van der Waals surface area (Å²) in [5, 5.41) is 3.15. The SMILES string of the molecule is CCS(=O)(=O)c1ccc(CC(=O)Nc2ccc(OC3(c4ccc(Cl)cc4F)CCOCC3)cc2)cc1. The lowest BCUT2D eigenvalue weighted by Gasteiger charge is -2.38. The molecule has 4 rings (SSSR count). The summed E-state index contributed by atoms with van der Waals surface area (Å²) in [5.74, 6) is -0.0970. The molecule has 1 N–H and O–H groups in total. The van der Waals surface area contributed by atoms with Crippen LogP contribution in [0.5, 0.6) is 5.75 Å². The van der Waals surface area contributed by atoms with Gasteiger partial charge in [-0.1, -0.05) is 36.7 Å². The molecule has 0 unspecified atom stereocenters. The third-order valence-corrected chi connectivity index (χ3v) is 8.19. The molecule has 1 saturated heterocycles. The van der Waals surface area contributed by atoms with Crippen molar-refractivity contribution in [1.82, 2.24) is 0 Å². The van der Waals surface area contributed by atoms with Crippen molar-refractivity contribution in [3.05, 3.63) is 88.7 Å². The Morgan fingerprint density at radius 2 is 1.72 bits per heavy atom. The van der Waals surface area contributed by atoms with Crippen molar-refractivity contribution >= 4 is 33.0 Å². The van der Waals surface area contributed by atoms with Crippen molar-refractivity contribution in [3.8, 4) is 5.75 Å². The highest BCUT2D eigenvalue weighted by atomic mass is 35.5. The number of ether oxygens (including phenoxy) is 2. The number of benzene rings is 3. The Bertz CT molecular complexity index is 1320. The van der Waals surface area contributed by atoms with Gasteiger partial charge in [-0.2, -0.15) is 0 Å². The van der Waals surface area contributed by atoms with E-state index in [4.69, 9.17) is 21.1 Å². The summed E-state index contributed by atoms with van der Waals surface area (Å²) in [5.41, 5.74) is 0.838. The summed E-state index contributed by atoms with van der Waals surface area (Å²) in [6, 6.07) is 17.8. The summed E-state index contributed by atoms with van der Waals surface area (Å²) < 4.78 is 50.5. The largest absolute Gasteiger partial charge is 0.482 e. The molecule has 1 aliphatic heterocycles. The van der Waals surface area contributed by atoms with Crippen LogP contribution in [0.2, 0.25) is 5.02 Å². The number of rotatable bonds is 8. The first kappa shape index (κ1) is 26.1. The Hall–Kier alpha value is -2.94. The zero-order chi connectivity index (χ0) is 25.8. The molecule has 190 valence electrons. The van der Waals surface area contributed by atoms with Crippen molar-refractivity contribution in [2.45, 2.75) is 36.7 Å². The maximum absolute atomic E-state index is 14.8. The zero-order valence-electron chi connectivity index (χ0n) is 19.8. The van der Waals surface area contributed by atoms with Gasteiger partial charge in [0.05, 0.1) is 30.3 Å². The molecular weight excluding hydrogens is 505 g/mol. The second-order valence-electron chi connectivity index (χ2n) is 8.63. The fourth-order valence-electron chi connectivity index (χ4n) is 4.19. The first-order valence-electron chi connectivity index (χ1n) is 11.6. The van der Waals surface area contributed by atoms with Gasteiger partial charge in [0.25, 0.3) is 0 Å². The number of hydrogen-bond acceptors (Lipinski definition) is 5. The number of amides is 1. The molecule has 0 radical (unpaired) electrons. The Balaban J connectivity index is 1.42. The number of carbonyl (C=O) groups excluding carboxylic acids is 1. The normalized spacial score (nSPS) is 15.3. The van der Waals surface area contributed by atoms with Gasteiger partial charge in [0, 0.05) is 29.1 Å². The molecule has 1 fully saturated rings. The van der Waals surface area contributed by atoms with Crippen molar-refractivity contribution in [3.63, 3.8) is 0 Å². The highest BCUT2D eigenvalue weighted by Crippen LogP contribution is 2.39. The number of carbonyl (C=O) groups is 1. The first-order valence-corrected chi connectivity index (χ1v) is 13.7. The minimum atomic E-state index is -3.28. The van der Waals surface area contributed by atoms with Gasteiger partial charge in [-0.15, -0.1) is 0 Å². The molecule has 0 aliphatic carbocycles. The summed E-state index contributed by atoms with van der Waals surface area (Å²) in [6.07, 6.45) is 1.08. The zero-order valence-corrected chi connectivity index (χ0v) is 21.4. The molecule has 0 atom stereocenters. The van der Waals surface area contributed by atoms with Crippen molar-refractivity contribution in [2.24, 2.45) is 0 Å². The van der Waals surface area contributed by atoms with Crippen molar-refractivity contribution in [2.75, 3.05) is 24.3 Å². The molecule has 1 aliphatic rings. The van der Waals surface area contributed by atoms with Crippen LogP contribution in [0.4, 0.5) is 10.1 Å². The summed E-state index contributed by atoms with van der Waals surface area (Å²) in [7, 11) is -3.28. The fraction of sp³-hybridized carbons (Fsp3) is 0.296. The first-order chi connectivity index (χ1) is 17.2. The quantitative estimate of drug-likeness (QED) is 0.413. The molecule has 6 nitrogen and oxygen atoms in total. The molecule has 3 aromatic carbocycles. The number of halogens is 2. The van der Waals surface area contributed by atoms with E-state index in [1.165, 1.54) is 18.2 Å². The van der Waals surface area contributed by atoms with E-state index in [0.29, 0.717) is 53.6 Å². The predicted molar refractivity (Wildman–Crippen MR) is 137 cm³/mol. The van der Waals surface area contributed by atoms with E-state index >= 15 is 0 Å². The van der Waals surface area contributed by atoms with Crippen LogP contribution in [-0.4, -0.2) is 33.3 Å². The summed E-state index contributed by atoms with van der Waals surface area (Å²) >= 11 is 5.94. The van der Waals surface area contributed by atoms with E-state index < -0.39 is 21.3 Å². The number of hydrogen-bond donors (Lipinski definition) is 1. The van der Waals surface area contributed by atoms with E-state index in [9.17, 15) is 17.6 Å². The number of anilines is 1. The molecule has 0 spiro atoms. The van der Waals surface area contributed by atoms with E-state index in [-0.39, 0.29) is 23.0 Å². The molecule has 0 saturated carbocycles. The van der Waals surface area contributed by atoms with Crippen molar-refractivity contribution in [1.29, 1.82) is 0 Å². The lowest BCUT2D eigenvalue weighted by Crippen LogP contribution is -2.40. The number of sulfone groups is 1. The summed E-state index contributed by atoms with van der Waals surface area (Å²) in [6.45, 7) is 2.48. The molecule has 36 heavy (non-hydrogen) atoms. The second-order valence-corrected chi connectivity index (χ2v) is 11.3. The second kappa shape index (κ2) is 11.0. The highest BCUT2D eigenvalue weighted by Gasteiger charge is 2.39. The monoisotopic (exact) mass is 531 g/mol. The molecule has 1 heterocycles. The van der Waals surface area contributed by atoms with Gasteiger partial charge >= 0.3 is 0 Å². The van der Waals surface area contributed by atoms with Gasteiger partial charge in [-0.05, 0) is 54.1 Å². The standard InChI is InChI=1S/C27H27ClFNO5S/c1-2-36(32,33)23-10-3-19(4-11-23)17-26(31)30-21-6-8-22(9-7-21)35-27(13-15-34-16-14-27)24-12-5-20(28)18-25(24)29/h3-12,18H,2,13-17H2,1H3,(H,30,31). The average Bonchev–Trinajstić information content (AvgIpc) is 2.86. The van der Waals surface area contributed by atoms with Gasteiger partial charge < -0.3 is 14.8 Å². The molecule has 1 amide bonds. The highest BCUT2D eigenvalue weighted by molar-refractivity contribution is 7.91. The lowest BCUT2D eigenvalue weighted by atomic mass is 9.85. The average molecular weight is 532 g/mol. The Labute approximate surface area is 215 Å². The van der Waals surface area contributed by atoms with E-state index in [0.717, 1.165) is 0 Å². The molecule has 0 bridgehead atoms.